The summed E-state index contributed by atoms with van der Waals surface area (Å²) in [7, 11) is -1.87. The number of benzene rings is 2. The number of rotatable bonds is 5. The Hall–Kier alpha value is -1.76. The minimum atomic E-state index is -1.87. The molecule has 0 fully saturated rings. The van der Waals surface area contributed by atoms with E-state index in [1.165, 1.54) is 18.2 Å². The molecule has 0 radical (unpaired) electrons. The molecule has 0 amide bonds. The molecule has 0 heterocycles. The summed E-state index contributed by atoms with van der Waals surface area (Å²) in [6.45, 7) is 0.204. The van der Waals surface area contributed by atoms with Crippen LogP contribution in [-0.2, 0) is 18.0 Å². The van der Waals surface area contributed by atoms with Crippen molar-refractivity contribution in [3.8, 4) is 0 Å². The molecule has 0 atom stereocenters. The van der Waals surface area contributed by atoms with Crippen molar-refractivity contribution >= 4 is 12.6 Å². The topological polar surface area (TPSA) is 49.7 Å². The molecule has 0 aromatic heterocycles. The summed E-state index contributed by atoms with van der Waals surface area (Å²) in [4.78, 5) is 0. The van der Waals surface area contributed by atoms with Crippen LogP contribution >= 0.6 is 0 Å². The van der Waals surface area contributed by atoms with Gasteiger partial charge in [0.2, 0.25) is 0 Å². The fourth-order valence-corrected chi connectivity index (χ4v) is 1.78. The monoisotopic (exact) mass is 278 g/mol. The van der Waals surface area contributed by atoms with Crippen LogP contribution in [0.3, 0.4) is 0 Å². The third kappa shape index (κ3) is 3.63. The molecule has 2 rings (SSSR count). The van der Waals surface area contributed by atoms with E-state index in [4.69, 9.17) is 14.8 Å². The maximum absolute atomic E-state index is 13.3. The van der Waals surface area contributed by atoms with Crippen LogP contribution in [0.1, 0.15) is 11.1 Å². The molecule has 2 N–H and O–H groups in total. The van der Waals surface area contributed by atoms with Gasteiger partial charge in [0, 0.05) is 11.0 Å². The standard InChI is InChI=1S/C14H13BF2O3/c16-13-4-2-1-3-11(13)9-20-8-10-5-6-14(17)12(7-10)15(18)19/h1-7,18-19H,8-9H2. The molecule has 3 nitrogen and oxygen atoms in total. The number of halogens is 2. The molecule has 20 heavy (non-hydrogen) atoms. The first-order valence-electron chi connectivity index (χ1n) is 6.03. The molecule has 0 aliphatic carbocycles. The molecule has 0 aliphatic heterocycles. The molecule has 2 aromatic carbocycles. The summed E-state index contributed by atoms with van der Waals surface area (Å²) in [5, 5.41) is 18.0. The zero-order valence-corrected chi connectivity index (χ0v) is 10.6. The molecule has 0 saturated heterocycles. The van der Waals surface area contributed by atoms with Crippen molar-refractivity contribution in [2.45, 2.75) is 13.2 Å². The highest BCUT2D eigenvalue weighted by Gasteiger charge is 2.16. The van der Waals surface area contributed by atoms with Crippen LogP contribution < -0.4 is 5.46 Å². The Bertz CT molecular complexity index is 590. The highest BCUT2D eigenvalue weighted by molar-refractivity contribution is 6.58. The molecular formula is C14H13BF2O3. The molecule has 0 bridgehead atoms. The lowest BCUT2D eigenvalue weighted by molar-refractivity contribution is 0.105. The van der Waals surface area contributed by atoms with Crippen LogP contribution in [0.5, 0.6) is 0 Å². The van der Waals surface area contributed by atoms with Crippen molar-refractivity contribution in [3.63, 3.8) is 0 Å². The number of hydrogen-bond acceptors (Lipinski definition) is 3. The summed E-state index contributed by atoms with van der Waals surface area (Å²) in [5.74, 6) is -1.05. The average Bonchev–Trinajstić information content (AvgIpc) is 2.42. The molecule has 0 aliphatic rings. The number of ether oxygens (including phenoxy) is 1. The molecule has 0 saturated carbocycles. The molecule has 0 spiro atoms. The highest BCUT2D eigenvalue weighted by atomic mass is 19.1. The predicted molar refractivity (Wildman–Crippen MR) is 71.1 cm³/mol. The lowest BCUT2D eigenvalue weighted by Gasteiger charge is -2.08. The lowest BCUT2D eigenvalue weighted by atomic mass is 9.79. The van der Waals surface area contributed by atoms with Crippen LogP contribution in [0, 0.1) is 11.6 Å². The van der Waals surface area contributed by atoms with Crippen LogP contribution in [-0.4, -0.2) is 17.2 Å². The van der Waals surface area contributed by atoms with Crippen molar-refractivity contribution in [2.75, 3.05) is 0 Å². The van der Waals surface area contributed by atoms with Gasteiger partial charge in [-0.05, 0) is 17.7 Å². The van der Waals surface area contributed by atoms with Gasteiger partial charge < -0.3 is 14.8 Å². The van der Waals surface area contributed by atoms with E-state index in [0.717, 1.165) is 6.07 Å². The van der Waals surface area contributed by atoms with Gasteiger partial charge in [-0.1, -0.05) is 30.3 Å². The molecule has 2 aromatic rings. The minimum Gasteiger partial charge on any atom is -0.423 e. The normalized spacial score (nSPS) is 10.6. The second kappa shape index (κ2) is 6.61. The van der Waals surface area contributed by atoms with E-state index in [2.05, 4.69) is 0 Å². The fourth-order valence-electron chi connectivity index (χ4n) is 1.78. The maximum atomic E-state index is 13.3. The van der Waals surface area contributed by atoms with Crippen molar-refractivity contribution in [1.82, 2.24) is 0 Å². The lowest BCUT2D eigenvalue weighted by Crippen LogP contribution is -2.33. The van der Waals surface area contributed by atoms with E-state index in [-0.39, 0.29) is 24.5 Å². The van der Waals surface area contributed by atoms with E-state index in [1.54, 1.807) is 18.2 Å². The van der Waals surface area contributed by atoms with E-state index >= 15 is 0 Å². The quantitative estimate of drug-likeness (QED) is 0.812. The Labute approximate surface area is 115 Å². The van der Waals surface area contributed by atoms with Gasteiger partial charge in [-0.2, -0.15) is 0 Å². The second-order valence-electron chi connectivity index (χ2n) is 4.31. The van der Waals surface area contributed by atoms with Crippen LogP contribution in [0.4, 0.5) is 8.78 Å². The first kappa shape index (κ1) is 14.6. The summed E-state index contributed by atoms with van der Waals surface area (Å²) in [6, 6.07) is 10.2. The Kier molecular flexibility index (Phi) is 4.84. The summed E-state index contributed by atoms with van der Waals surface area (Å²) >= 11 is 0. The van der Waals surface area contributed by atoms with Crippen LogP contribution in [0.25, 0.3) is 0 Å². The third-order valence-electron chi connectivity index (χ3n) is 2.82. The van der Waals surface area contributed by atoms with Crippen molar-refractivity contribution in [1.29, 1.82) is 0 Å². The smallest absolute Gasteiger partial charge is 0.423 e. The average molecular weight is 278 g/mol. The largest absolute Gasteiger partial charge is 0.491 e. The Morgan fingerprint density at radius 1 is 0.950 bits per heavy atom. The SMILES string of the molecule is OB(O)c1cc(COCc2ccccc2F)ccc1F. The van der Waals surface area contributed by atoms with Gasteiger partial charge in [-0.15, -0.1) is 0 Å². The van der Waals surface area contributed by atoms with Gasteiger partial charge in [0.15, 0.2) is 0 Å². The second-order valence-corrected chi connectivity index (χ2v) is 4.31. The van der Waals surface area contributed by atoms with Crippen LogP contribution in [0.15, 0.2) is 42.5 Å². The van der Waals surface area contributed by atoms with E-state index in [9.17, 15) is 8.78 Å². The zero-order valence-electron chi connectivity index (χ0n) is 10.6. The number of hydrogen-bond donors (Lipinski definition) is 2. The Balaban J connectivity index is 1.98. The van der Waals surface area contributed by atoms with Crippen molar-refractivity contribution < 1.29 is 23.6 Å². The third-order valence-corrected chi connectivity index (χ3v) is 2.82. The summed E-state index contributed by atoms with van der Waals surface area (Å²) in [5.41, 5.74) is 0.792. The molecular weight excluding hydrogens is 265 g/mol. The zero-order chi connectivity index (χ0) is 14.5. The van der Waals surface area contributed by atoms with E-state index < -0.39 is 12.9 Å². The molecule has 6 heteroatoms. The van der Waals surface area contributed by atoms with Gasteiger partial charge in [-0.3, -0.25) is 0 Å². The van der Waals surface area contributed by atoms with Gasteiger partial charge in [0.25, 0.3) is 0 Å². The minimum absolute atomic E-state index is 0.0844. The van der Waals surface area contributed by atoms with Crippen molar-refractivity contribution in [2.24, 2.45) is 0 Å². The molecule has 0 unspecified atom stereocenters. The van der Waals surface area contributed by atoms with Crippen molar-refractivity contribution in [3.05, 3.63) is 65.2 Å². The highest BCUT2D eigenvalue weighted by Crippen LogP contribution is 2.10. The first-order valence-corrected chi connectivity index (χ1v) is 6.03. The summed E-state index contributed by atoms with van der Waals surface area (Å²) in [6.07, 6.45) is 0. The summed E-state index contributed by atoms with van der Waals surface area (Å²) < 4.78 is 31.9. The predicted octanol–water partition coefficient (Wildman–Crippen LogP) is 1.36. The molecule has 104 valence electrons. The van der Waals surface area contributed by atoms with Gasteiger partial charge >= 0.3 is 7.12 Å². The van der Waals surface area contributed by atoms with E-state index in [0.29, 0.717) is 11.1 Å². The Morgan fingerprint density at radius 2 is 1.70 bits per heavy atom. The van der Waals surface area contributed by atoms with Gasteiger partial charge in [0.1, 0.15) is 11.6 Å². The van der Waals surface area contributed by atoms with Crippen LogP contribution in [0.2, 0.25) is 0 Å². The Morgan fingerprint density at radius 3 is 2.40 bits per heavy atom. The first-order chi connectivity index (χ1) is 9.58. The van der Waals surface area contributed by atoms with Gasteiger partial charge in [0.05, 0.1) is 13.2 Å². The van der Waals surface area contributed by atoms with E-state index in [1.807, 2.05) is 0 Å². The van der Waals surface area contributed by atoms with Gasteiger partial charge in [-0.25, -0.2) is 8.78 Å². The fraction of sp³-hybridized carbons (Fsp3) is 0.143. The maximum Gasteiger partial charge on any atom is 0.491 e.